The van der Waals surface area contributed by atoms with E-state index in [9.17, 15) is 14.7 Å². The van der Waals surface area contributed by atoms with Crippen molar-refractivity contribution in [3.8, 4) is 5.75 Å². The molecule has 4 N–H and O–H groups in total. The van der Waals surface area contributed by atoms with E-state index in [0.717, 1.165) is 11.3 Å². The number of carbonyl (C=O) groups excluding carboxylic acids is 2. The minimum absolute atomic E-state index is 0.216. The maximum atomic E-state index is 11.8. The molecule has 0 fully saturated rings. The Morgan fingerprint density at radius 3 is 2.41 bits per heavy atom. The molecule has 0 saturated carbocycles. The van der Waals surface area contributed by atoms with Gasteiger partial charge in [-0.05, 0) is 37.5 Å². The summed E-state index contributed by atoms with van der Waals surface area (Å²) in [5.74, 6) is -0.433. The predicted molar refractivity (Wildman–Crippen MR) is 79.5 cm³/mol. The maximum Gasteiger partial charge on any atom is 0.268 e. The summed E-state index contributed by atoms with van der Waals surface area (Å²) in [5, 5.41) is 20.4. The SMILES string of the molecule is COc1ccc(CCCC(=O)N[C@H](C(=O)NO)[C@@H](C)O)cc1. The molecule has 0 aliphatic carbocycles. The van der Waals surface area contributed by atoms with E-state index in [-0.39, 0.29) is 12.3 Å². The molecule has 0 radical (unpaired) electrons. The summed E-state index contributed by atoms with van der Waals surface area (Å²) in [4.78, 5) is 23.1. The van der Waals surface area contributed by atoms with Crippen molar-refractivity contribution < 1.29 is 24.6 Å². The van der Waals surface area contributed by atoms with Crippen LogP contribution in [0.1, 0.15) is 25.3 Å². The average Bonchev–Trinajstić information content (AvgIpc) is 2.52. The normalized spacial score (nSPS) is 13.1. The largest absolute Gasteiger partial charge is 0.497 e. The molecule has 0 heterocycles. The second kappa shape index (κ2) is 9.01. The molecule has 0 aliphatic rings. The Balaban J connectivity index is 2.40. The standard InChI is InChI=1S/C15H22N2O5/c1-10(18)14(15(20)17-21)16-13(19)5-3-4-11-6-8-12(22-2)9-7-11/h6-10,14,18,21H,3-5H2,1-2H3,(H,16,19)(H,17,20)/t10-,14+/m1/s1. The molecule has 1 rings (SSSR count). The summed E-state index contributed by atoms with van der Waals surface area (Å²) in [6, 6.07) is 6.39. The Hall–Kier alpha value is -2.12. The predicted octanol–water partition coefficient (Wildman–Crippen LogP) is 0.389. The van der Waals surface area contributed by atoms with Crippen LogP contribution in [0.15, 0.2) is 24.3 Å². The van der Waals surface area contributed by atoms with Crippen LogP contribution in [0.4, 0.5) is 0 Å². The minimum Gasteiger partial charge on any atom is -0.497 e. The molecule has 2 atom stereocenters. The number of rotatable bonds is 8. The van der Waals surface area contributed by atoms with Crippen molar-refractivity contribution in [3.05, 3.63) is 29.8 Å². The third-order valence-electron chi connectivity index (χ3n) is 3.22. The van der Waals surface area contributed by atoms with Crippen LogP contribution in [-0.2, 0) is 16.0 Å². The molecule has 2 amide bonds. The summed E-state index contributed by atoms with van der Waals surface area (Å²) >= 11 is 0. The third kappa shape index (κ3) is 5.71. The van der Waals surface area contributed by atoms with Crippen molar-refractivity contribution in [3.63, 3.8) is 0 Å². The Morgan fingerprint density at radius 1 is 1.27 bits per heavy atom. The first-order chi connectivity index (χ1) is 10.5. The van der Waals surface area contributed by atoms with E-state index in [1.165, 1.54) is 12.4 Å². The Bertz CT molecular complexity index is 487. The van der Waals surface area contributed by atoms with E-state index in [0.29, 0.717) is 12.8 Å². The highest BCUT2D eigenvalue weighted by Crippen LogP contribution is 2.13. The average molecular weight is 310 g/mol. The number of hydrogen-bond acceptors (Lipinski definition) is 5. The molecule has 0 spiro atoms. The second-order valence-electron chi connectivity index (χ2n) is 4.96. The number of aliphatic hydroxyl groups is 1. The monoisotopic (exact) mass is 310 g/mol. The molecule has 0 aliphatic heterocycles. The zero-order chi connectivity index (χ0) is 16.5. The summed E-state index contributed by atoms with van der Waals surface area (Å²) < 4.78 is 5.06. The van der Waals surface area contributed by atoms with E-state index >= 15 is 0 Å². The van der Waals surface area contributed by atoms with Crippen LogP contribution < -0.4 is 15.5 Å². The van der Waals surface area contributed by atoms with Gasteiger partial charge in [-0.25, -0.2) is 5.48 Å². The lowest BCUT2D eigenvalue weighted by molar-refractivity contribution is -0.137. The smallest absolute Gasteiger partial charge is 0.268 e. The topological polar surface area (TPSA) is 108 Å². The van der Waals surface area contributed by atoms with Crippen LogP contribution >= 0.6 is 0 Å². The lowest BCUT2D eigenvalue weighted by Crippen LogP contribution is -2.51. The number of hydrogen-bond donors (Lipinski definition) is 4. The first kappa shape index (κ1) is 17.9. The third-order valence-corrected chi connectivity index (χ3v) is 3.22. The van der Waals surface area contributed by atoms with Gasteiger partial charge in [0.15, 0.2) is 0 Å². The first-order valence-corrected chi connectivity index (χ1v) is 7.02. The molecule has 1 aromatic rings. The summed E-state index contributed by atoms with van der Waals surface area (Å²) in [6.45, 7) is 1.36. The summed E-state index contributed by atoms with van der Waals surface area (Å²) in [6.07, 6.45) is 0.431. The molecule has 7 heteroatoms. The van der Waals surface area contributed by atoms with Gasteiger partial charge < -0.3 is 15.2 Å². The molecule has 0 saturated heterocycles. The Kier molecular flexibility index (Phi) is 7.34. The van der Waals surface area contributed by atoms with Gasteiger partial charge in [-0.3, -0.25) is 14.8 Å². The summed E-state index contributed by atoms with van der Waals surface area (Å²) in [5.41, 5.74) is 2.50. The van der Waals surface area contributed by atoms with Crippen molar-refractivity contribution in [2.75, 3.05) is 7.11 Å². The maximum absolute atomic E-state index is 11.8. The molecule has 0 aromatic heterocycles. The van der Waals surface area contributed by atoms with Gasteiger partial charge in [-0.2, -0.15) is 0 Å². The van der Waals surface area contributed by atoms with Gasteiger partial charge in [0.25, 0.3) is 5.91 Å². The van der Waals surface area contributed by atoms with E-state index < -0.39 is 18.1 Å². The molecule has 0 bridgehead atoms. The van der Waals surface area contributed by atoms with Gasteiger partial charge in [0.1, 0.15) is 11.8 Å². The van der Waals surface area contributed by atoms with Crippen molar-refractivity contribution in [1.29, 1.82) is 0 Å². The molecular weight excluding hydrogens is 288 g/mol. The van der Waals surface area contributed by atoms with Gasteiger partial charge >= 0.3 is 0 Å². The first-order valence-electron chi connectivity index (χ1n) is 7.02. The van der Waals surface area contributed by atoms with Crippen molar-refractivity contribution in [2.45, 2.75) is 38.3 Å². The highest BCUT2D eigenvalue weighted by atomic mass is 16.5. The number of amides is 2. The Morgan fingerprint density at radius 2 is 1.91 bits per heavy atom. The van der Waals surface area contributed by atoms with Crippen LogP contribution in [0.3, 0.4) is 0 Å². The molecule has 0 unspecified atom stereocenters. The lowest BCUT2D eigenvalue weighted by Gasteiger charge is -2.19. The van der Waals surface area contributed by atoms with E-state index in [2.05, 4.69) is 5.32 Å². The van der Waals surface area contributed by atoms with Crippen molar-refractivity contribution in [1.82, 2.24) is 10.8 Å². The van der Waals surface area contributed by atoms with Gasteiger partial charge in [-0.15, -0.1) is 0 Å². The summed E-state index contributed by atoms with van der Waals surface area (Å²) in [7, 11) is 1.60. The number of carbonyl (C=O) groups is 2. The van der Waals surface area contributed by atoms with E-state index in [4.69, 9.17) is 9.94 Å². The number of ether oxygens (including phenoxy) is 1. The van der Waals surface area contributed by atoms with E-state index in [1.54, 1.807) is 7.11 Å². The molecule has 1 aromatic carbocycles. The number of nitrogens with one attached hydrogen (secondary N) is 2. The second-order valence-corrected chi connectivity index (χ2v) is 4.96. The van der Waals surface area contributed by atoms with Crippen LogP contribution in [0.5, 0.6) is 5.75 Å². The fourth-order valence-electron chi connectivity index (χ4n) is 1.97. The number of hydroxylamine groups is 1. The van der Waals surface area contributed by atoms with Crippen molar-refractivity contribution in [2.24, 2.45) is 0 Å². The number of aliphatic hydroxyl groups excluding tert-OH is 1. The number of methoxy groups -OCH3 is 1. The van der Waals surface area contributed by atoms with Gasteiger partial charge in [0.2, 0.25) is 5.91 Å². The number of aryl methyl sites for hydroxylation is 1. The van der Waals surface area contributed by atoms with Crippen LogP contribution in [-0.4, -0.2) is 41.4 Å². The van der Waals surface area contributed by atoms with Gasteiger partial charge in [-0.1, -0.05) is 12.1 Å². The van der Waals surface area contributed by atoms with E-state index in [1.807, 2.05) is 24.3 Å². The fraction of sp³-hybridized carbons (Fsp3) is 0.467. The highest BCUT2D eigenvalue weighted by molar-refractivity contribution is 5.87. The highest BCUT2D eigenvalue weighted by Gasteiger charge is 2.24. The van der Waals surface area contributed by atoms with Gasteiger partial charge in [0, 0.05) is 6.42 Å². The fourth-order valence-corrected chi connectivity index (χ4v) is 1.97. The molecular formula is C15H22N2O5. The molecule has 122 valence electrons. The van der Waals surface area contributed by atoms with Crippen molar-refractivity contribution >= 4 is 11.8 Å². The zero-order valence-corrected chi connectivity index (χ0v) is 12.7. The number of benzene rings is 1. The van der Waals surface area contributed by atoms with Crippen LogP contribution in [0.2, 0.25) is 0 Å². The van der Waals surface area contributed by atoms with Gasteiger partial charge in [0.05, 0.1) is 13.2 Å². The van der Waals surface area contributed by atoms with Crippen LogP contribution in [0.25, 0.3) is 0 Å². The molecule has 22 heavy (non-hydrogen) atoms. The minimum atomic E-state index is -1.17. The zero-order valence-electron chi connectivity index (χ0n) is 12.7. The van der Waals surface area contributed by atoms with Crippen LogP contribution in [0, 0.1) is 0 Å². The lowest BCUT2D eigenvalue weighted by atomic mass is 10.1. The quantitative estimate of drug-likeness (QED) is 0.410. The Labute approximate surface area is 129 Å². The molecule has 7 nitrogen and oxygen atoms in total.